The van der Waals surface area contributed by atoms with Gasteiger partial charge in [0.05, 0.1) is 6.54 Å². The summed E-state index contributed by atoms with van der Waals surface area (Å²) in [5.41, 5.74) is 5.01. The van der Waals surface area contributed by atoms with Gasteiger partial charge in [0.1, 0.15) is 0 Å². The predicted molar refractivity (Wildman–Crippen MR) is 105 cm³/mol. The van der Waals surface area contributed by atoms with Crippen molar-refractivity contribution in [3.63, 3.8) is 0 Å². The van der Waals surface area contributed by atoms with Crippen molar-refractivity contribution >= 4 is 11.9 Å². The molecule has 2 aromatic carbocycles. The molecule has 2 aromatic rings. The van der Waals surface area contributed by atoms with Crippen molar-refractivity contribution in [2.24, 2.45) is 4.99 Å². The first-order valence-corrected chi connectivity index (χ1v) is 9.00. The Morgan fingerprint density at radius 1 is 1.12 bits per heavy atom. The molecule has 0 saturated heterocycles. The lowest BCUT2D eigenvalue weighted by molar-refractivity contribution is -0.130. The van der Waals surface area contributed by atoms with Crippen molar-refractivity contribution in [1.29, 1.82) is 0 Å². The molecule has 0 unspecified atom stereocenters. The zero-order valence-corrected chi connectivity index (χ0v) is 15.5. The first kappa shape index (κ1) is 18.0. The second kappa shape index (κ2) is 8.52. The number of carbonyl (C=O) groups excluding carboxylic acids is 1. The highest BCUT2D eigenvalue weighted by atomic mass is 16.2. The molecule has 5 heteroatoms. The molecule has 0 aliphatic carbocycles. The fourth-order valence-electron chi connectivity index (χ4n) is 3.21. The lowest BCUT2D eigenvalue weighted by Crippen LogP contribution is -2.45. The van der Waals surface area contributed by atoms with Gasteiger partial charge in [0.15, 0.2) is 5.96 Å². The number of hydrogen-bond acceptors (Lipinski definition) is 2. The quantitative estimate of drug-likeness (QED) is 0.657. The zero-order chi connectivity index (χ0) is 18.4. The SMILES string of the molecule is CN=C(NCC(=O)N1CCc2ccccc2C1)NCc1cccc(C)c1. The third kappa shape index (κ3) is 4.63. The molecule has 1 heterocycles. The lowest BCUT2D eigenvalue weighted by Gasteiger charge is -2.29. The molecule has 1 aliphatic heterocycles. The Morgan fingerprint density at radius 2 is 1.92 bits per heavy atom. The summed E-state index contributed by atoms with van der Waals surface area (Å²) in [7, 11) is 1.72. The van der Waals surface area contributed by atoms with Crippen LogP contribution in [-0.4, -0.2) is 36.9 Å². The maximum absolute atomic E-state index is 12.5. The van der Waals surface area contributed by atoms with Crippen LogP contribution in [0.5, 0.6) is 0 Å². The molecule has 0 aromatic heterocycles. The van der Waals surface area contributed by atoms with Gasteiger partial charge in [0.25, 0.3) is 0 Å². The van der Waals surface area contributed by atoms with Crippen molar-refractivity contribution in [3.8, 4) is 0 Å². The molecule has 0 atom stereocenters. The smallest absolute Gasteiger partial charge is 0.242 e. The van der Waals surface area contributed by atoms with Crippen molar-refractivity contribution in [2.45, 2.75) is 26.4 Å². The number of fused-ring (bicyclic) bond motifs is 1. The van der Waals surface area contributed by atoms with Crippen LogP contribution in [0.15, 0.2) is 53.5 Å². The van der Waals surface area contributed by atoms with Gasteiger partial charge in [-0.1, -0.05) is 54.1 Å². The van der Waals surface area contributed by atoms with Crippen molar-refractivity contribution in [1.82, 2.24) is 15.5 Å². The highest BCUT2D eigenvalue weighted by Crippen LogP contribution is 2.18. The molecule has 136 valence electrons. The highest BCUT2D eigenvalue weighted by molar-refractivity contribution is 5.86. The van der Waals surface area contributed by atoms with Gasteiger partial charge in [0.2, 0.25) is 5.91 Å². The van der Waals surface area contributed by atoms with E-state index in [2.05, 4.69) is 58.9 Å². The summed E-state index contributed by atoms with van der Waals surface area (Å²) in [6.45, 7) is 4.45. The fraction of sp³-hybridized carbons (Fsp3) is 0.333. The summed E-state index contributed by atoms with van der Waals surface area (Å²) in [5, 5.41) is 6.38. The standard InChI is InChI=1S/C21H26N4O/c1-16-6-5-7-17(12-16)13-23-21(22-2)24-14-20(26)25-11-10-18-8-3-4-9-19(18)15-25/h3-9,12H,10-11,13-15H2,1-2H3,(H2,22,23,24). The maximum atomic E-state index is 12.5. The summed E-state index contributed by atoms with van der Waals surface area (Å²) in [6.07, 6.45) is 0.919. The van der Waals surface area contributed by atoms with Crippen molar-refractivity contribution in [3.05, 3.63) is 70.8 Å². The second-order valence-corrected chi connectivity index (χ2v) is 6.60. The molecule has 1 aliphatic rings. The van der Waals surface area contributed by atoms with E-state index in [4.69, 9.17) is 0 Å². The summed E-state index contributed by atoms with van der Waals surface area (Å²) >= 11 is 0. The van der Waals surface area contributed by atoms with Gasteiger partial charge in [0, 0.05) is 26.7 Å². The largest absolute Gasteiger partial charge is 0.352 e. The van der Waals surface area contributed by atoms with Crippen LogP contribution in [0.2, 0.25) is 0 Å². The molecule has 0 saturated carbocycles. The Bertz CT molecular complexity index is 800. The molecule has 3 rings (SSSR count). The molecular formula is C21H26N4O. The fourth-order valence-corrected chi connectivity index (χ4v) is 3.21. The Morgan fingerprint density at radius 3 is 2.69 bits per heavy atom. The normalized spacial score (nSPS) is 13.9. The molecule has 0 radical (unpaired) electrons. The summed E-state index contributed by atoms with van der Waals surface area (Å²) in [4.78, 5) is 18.6. The second-order valence-electron chi connectivity index (χ2n) is 6.60. The van der Waals surface area contributed by atoms with Gasteiger partial charge >= 0.3 is 0 Å². The number of rotatable bonds is 4. The number of aryl methyl sites for hydroxylation is 1. The number of benzene rings is 2. The van der Waals surface area contributed by atoms with Gasteiger partial charge in [-0.25, -0.2) is 0 Å². The molecule has 5 nitrogen and oxygen atoms in total. The van der Waals surface area contributed by atoms with E-state index in [1.807, 2.05) is 17.0 Å². The van der Waals surface area contributed by atoms with E-state index in [9.17, 15) is 4.79 Å². The highest BCUT2D eigenvalue weighted by Gasteiger charge is 2.20. The van der Waals surface area contributed by atoms with E-state index in [-0.39, 0.29) is 12.5 Å². The Labute approximate surface area is 155 Å². The van der Waals surface area contributed by atoms with Crippen molar-refractivity contribution in [2.75, 3.05) is 20.1 Å². The molecule has 1 amide bonds. The van der Waals surface area contributed by atoms with Gasteiger partial charge in [-0.05, 0) is 30.0 Å². The molecular weight excluding hydrogens is 324 g/mol. The third-order valence-electron chi connectivity index (χ3n) is 4.66. The monoisotopic (exact) mass is 350 g/mol. The molecule has 0 fully saturated rings. The molecule has 0 bridgehead atoms. The average molecular weight is 350 g/mol. The summed E-state index contributed by atoms with van der Waals surface area (Å²) in [6, 6.07) is 16.7. The zero-order valence-electron chi connectivity index (χ0n) is 15.5. The van der Waals surface area contributed by atoms with E-state index in [1.165, 1.54) is 22.3 Å². The van der Waals surface area contributed by atoms with E-state index in [0.717, 1.165) is 13.0 Å². The molecule has 26 heavy (non-hydrogen) atoms. The first-order chi connectivity index (χ1) is 12.7. The minimum Gasteiger partial charge on any atom is -0.352 e. The number of hydrogen-bond donors (Lipinski definition) is 2. The predicted octanol–water partition coefficient (Wildman–Crippen LogP) is 2.24. The van der Waals surface area contributed by atoms with E-state index >= 15 is 0 Å². The van der Waals surface area contributed by atoms with E-state index in [1.54, 1.807) is 7.05 Å². The van der Waals surface area contributed by atoms with Crippen LogP contribution in [0.3, 0.4) is 0 Å². The maximum Gasteiger partial charge on any atom is 0.242 e. The van der Waals surface area contributed by atoms with Crippen LogP contribution in [-0.2, 0) is 24.3 Å². The first-order valence-electron chi connectivity index (χ1n) is 9.00. The van der Waals surface area contributed by atoms with Gasteiger partial charge in [-0.15, -0.1) is 0 Å². The Balaban J connectivity index is 1.48. The van der Waals surface area contributed by atoms with Crippen LogP contribution in [0.4, 0.5) is 0 Å². The number of guanidine groups is 1. The number of nitrogens with zero attached hydrogens (tertiary/aromatic N) is 2. The average Bonchev–Trinajstić information content (AvgIpc) is 2.67. The Kier molecular flexibility index (Phi) is 5.89. The molecule has 2 N–H and O–H groups in total. The summed E-state index contributed by atoms with van der Waals surface area (Å²) in [5.74, 6) is 0.732. The van der Waals surface area contributed by atoms with Gasteiger partial charge in [-0.3, -0.25) is 9.79 Å². The lowest BCUT2D eigenvalue weighted by atomic mass is 10.00. The van der Waals surface area contributed by atoms with Crippen molar-refractivity contribution < 1.29 is 4.79 Å². The molecule has 0 spiro atoms. The van der Waals surface area contributed by atoms with Gasteiger partial charge < -0.3 is 15.5 Å². The number of amides is 1. The minimum absolute atomic E-state index is 0.0954. The van der Waals surface area contributed by atoms with Crippen LogP contribution >= 0.6 is 0 Å². The van der Waals surface area contributed by atoms with Crippen LogP contribution in [0.25, 0.3) is 0 Å². The number of nitrogens with one attached hydrogen (secondary N) is 2. The number of carbonyl (C=O) groups is 1. The van der Waals surface area contributed by atoms with E-state index < -0.39 is 0 Å². The van der Waals surface area contributed by atoms with Crippen LogP contribution in [0, 0.1) is 6.92 Å². The number of aliphatic imine (C=N–C) groups is 1. The Hall–Kier alpha value is -2.82. The van der Waals surface area contributed by atoms with Gasteiger partial charge in [-0.2, -0.15) is 0 Å². The van der Waals surface area contributed by atoms with Crippen LogP contribution < -0.4 is 10.6 Å². The van der Waals surface area contributed by atoms with E-state index in [0.29, 0.717) is 19.0 Å². The minimum atomic E-state index is 0.0954. The van der Waals surface area contributed by atoms with Crippen LogP contribution in [0.1, 0.15) is 22.3 Å². The summed E-state index contributed by atoms with van der Waals surface area (Å²) < 4.78 is 0. The topological polar surface area (TPSA) is 56.7 Å². The third-order valence-corrected chi connectivity index (χ3v) is 4.66.